The number of nitrogens with two attached hydrogens (primary N) is 1. The maximum atomic E-state index is 13.3. The van der Waals surface area contributed by atoms with Gasteiger partial charge < -0.3 is 30.7 Å². The molecule has 41 heavy (non-hydrogen) atoms. The third kappa shape index (κ3) is 5.70. The van der Waals surface area contributed by atoms with Crippen LogP contribution in [-0.2, 0) is 11.2 Å². The number of piperazine rings is 1. The number of aromatic nitrogens is 2. The van der Waals surface area contributed by atoms with Gasteiger partial charge in [-0.2, -0.15) is 0 Å². The van der Waals surface area contributed by atoms with Gasteiger partial charge in [-0.05, 0) is 43.7 Å². The van der Waals surface area contributed by atoms with Crippen LogP contribution in [0.1, 0.15) is 28.8 Å². The molecular formula is C29H34N8O3S. The first-order valence-corrected chi connectivity index (χ1v) is 14.8. The van der Waals surface area contributed by atoms with Crippen LogP contribution in [0, 0.1) is 0 Å². The number of piperidine rings is 1. The monoisotopic (exact) mass is 574 g/mol. The second kappa shape index (κ2) is 11.4. The summed E-state index contributed by atoms with van der Waals surface area (Å²) in [5, 5.41) is 10.2. The van der Waals surface area contributed by atoms with Crippen LogP contribution in [0.3, 0.4) is 0 Å². The number of carbonyl (C=O) groups excluding carboxylic acids is 3. The Morgan fingerprint density at radius 2 is 1.95 bits per heavy atom. The number of hydrogen-bond acceptors (Lipinski definition) is 7. The molecule has 2 aliphatic heterocycles. The second-order valence-electron chi connectivity index (χ2n) is 10.8. The number of carbonyl (C=O) groups is 3. The first-order valence-electron chi connectivity index (χ1n) is 13.9. The van der Waals surface area contributed by atoms with Gasteiger partial charge in [-0.15, -0.1) is 11.3 Å². The number of benzene rings is 2. The number of amides is 4. The Bertz CT molecular complexity index is 1590. The zero-order chi connectivity index (χ0) is 28.5. The minimum absolute atomic E-state index is 0.0252. The molecule has 2 saturated heterocycles. The van der Waals surface area contributed by atoms with Crippen molar-refractivity contribution in [3.8, 4) is 0 Å². The molecule has 0 aliphatic carbocycles. The van der Waals surface area contributed by atoms with Gasteiger partial charge in [-0.1, -0.05) is 12.1 Å². The summed E-state index contributed by atoms with van der Waals surface area (Å²) in [4.78, 5) is 51.8. The Labute approximate surface area is 241 Å². The van der Waals surface area contributed by atoms with E-state index in [2.05, 4.69) is 37.4 Å². The van der Waals surface area contributed by atoms with Crippen LogP contribution in [0.2, 0.25) is 0 Å². The number of thiazole rings is 1. The van der Waals surface area contributed by atoms with Gasteiger partial charge in [0.25, 0.3) is 5.91 Å². The highest BCUT2D eigenvalue weighted by Gasteiger charge is 2.26. The summed E-state index contributed by atoms with van der Waals surface area (Å²) in [7, 11) is 2.07. The largest absolute Gasteiger partial charge is 0.369 e. The second-order valence-corrected chi connectivity index (χ2v) is 11.7. The van der Waals surface area contributed by atoms with E-state index < -0.39 is 5.91 Å². The topological polar surface area (TPSA) is 140 Å². The molecule has 11 nitrogen and oxygen atoms in total. The fourth-order valence-electron chi connectivity index (χ4n) is 5.89. The number of nitrogens with zero attached hydrogens (tertiary/aromatic N) is 4. The van der Waals surface area contributed by atoms with Crippen molar-refractivity contribution in [1.82, 2.24) is 25.1 Å². The van der Waals surface area contributed by atoms with Gasteiger partial charge in [0.15, 0.2) is 5.13 Å². The van der Waals surface area contributed by atoms with Gasteiger partial charge in [0.05, 0.1) is 11.9 Å². The molecule has 6 rings (SSSR count). The maximum absolute atomic E-state index is 13.3. The summed E-state index contributed by atoms with van der Waals surface area (Å²) >= 11 is 1.37. The molecule has 12 heteroatoms. The van der Waals surface area contributed by atoms with E-state index in [0.29, 0.717) is 30.3 Å². The Balaban J connectivity index is 1.31. The predicted molar refractivity (Wildman–Crippen MR) is 162 cm³/mol. The number of primary amides is 1. The molecule has 0 saturated carbocycles. The van der Waals surface area contributed by atoms with Crippen LogP contribution in [0.4, 0.5) is 15.6 Å². The molecule has 2 aromatic carbocycles. The molecule has 5 N–H and O–H groups in total. The van der Waals surface area contributed by atoms with E-state index in [1.807, 2.05) is 40.6 Å². The van der Waals surface area contributed by atoms with E-state index in [1.165, 1.54) is 11.3 Å². The molecule has 2 fully saturated rings. The first kappa shape index (κ1) is 27.0. The SMILES string of the molecule is CN1CCN(C(=O)c2ccc3c(c2)[nH]c2c(CC(N)=O)ccc(N4CCC[C@@H](NC(=O)Nc5nccs5)C4)c23)CC1. The number of hydrogen-bond donors (Lipinski definition) is 4. The van der Waals surface area contributed by atoms with E-state index in [0.717, 1.165) is 65.5 Å². The van der Waals surface area contributed by atoms with Crippen molar-refractivity contribution < 1.29 is 14.4 Å². The average molecular weight is 575 g/mol. The first-order chi connectivity index (χ1) is 19.9. The van der Waals surface area contributed by atoms with Gasteiger partial charge in [-0.25, -0.2) is 9.78 Å². The lowest BCUT2D eigenvalue weighted by molar-refractivity contribution is -0.117. The molecule has 4 heterocycles. The van der Waals surface area contributed by atoms with Crippen LogP contribution in [0.5, 0.6) is 0 Å². The molecule has 0 bridgehead atoms. The highest BCUT2D eigenvalue weighted by atomic mass is 32.1. The molecule has 0 unspecified atom stereocenters. The number of anilines is 2. The molecule has 0 radical (unpaired) electrons. The lowest BCUT2D eigenvalue weighted by atomic mass is 10.00. The zero-order valence-corrected chi connectivity index (χ0v) is 23.8. The van der Waals surface area contributed by atoms with Crippen LogP contribution in [-0.4, -0.2) is 90.0 Å². The summed E-state index contributed by atoms with van der Waals surface area (Å²) < 4.78 is 0. The zero-order valence-electron chi connectivity index (χ0n) is 23.0. The molecule has 4 aromatic rings. The molecular weight excluding hydrogens is 540 g/mol. The van der Waals surface area contributed by atoms with Gasteiger partial charge in [0, 0.05) is 84.4 Å². The number of urea groups is 1. The predicted octanol–water partition coefficient (Wildman–Crippen LogP) is 2.98. The van der Waals surface area contributed by atoms with Gasteiger partial charge in [0.1, 0.15) is 0 Å². The van der Waals surface area contributed by atoms with Crippen molar-refractivity contribution in [2.75, 3.05) is 56.5 Å². The normalized spacial score (nSPS) is 18.1. The van der Waals surface area contributed by atoms with E-state index >= 15 is 0 Å². The smallest absolute Gasteiger partial charge is 0.321 e. The van der Waals surface area contributed by atoms with Crippen molar-refractivity contribution in [3.63, 3.8) is 0 Å². The highest BCUT2D eigenvalue weighted by Crippen LogP contribution is 2.37. The number of likely N-dealkylation sites (N-methyl/N-ethyl adjacent to an activating group) is 1. The average Bonchev–Trinajstić information content (AvgIpc) is 3.61. The van der Waals surface area contributed by atoms with Crippen LogP contribution in [0.15, 0.2) is 41.9 Å². The van der Waals surface area contributed by atoms with Crippen molar-refractivity contribution >= 4 is 61.8 Å². The molecule has 0 spiro atoms. The number of H-pyrrole nitrogens is 1. The number of aromatic amines is 1. The molecule has 1 atom stereocenters. The minimum atomic E-state index is -0.405. The highest BCUT2D eigenvalue weighted by molar-refractivity contribution is 7.13. The number of nitrogens with one attached hydrogen (secondary N) is 3. The van der Waals surface area contributed by atoms with E-state index in [9.17, 15) is 14.4 Å². The van der Waals surface area contributed by atoms with Gasteiger partial charge in [-0.3, -0.25) is 14.9 Å². The Morgan fingerprint density at radius 3 is 2.71 bits per heavy atom. The number of rotatable bonds is 6. The van der Waals surface area contributed by atoms with Crippen molar-refractivity contribution in [2.45, 2.75) is 25.3 Å². The van der Waals surface area contributed by atoms with Gasteiger partial charge in [0.2, 0.25) is 5.91 Å². The van der Waals surface area contributed by atoms with Crippen molar-refractivity contribution in [3.05, 3.63) is 53.0 Å². The van der Waals surface area contributed by atoms with Crippen LogP contribution in [0.25, 0.3) is 21.8 Å². The Morgan fingerprint density at radius 1 is 1.12 bits per heavy atom. The fraction of sp³-hybridized carbons (Fsp3) is 0.379. The minimum Gasteiger partial charge on any atom is -0.369 e. The van der Waals surface area contributed by atoms with Crippen molar-refractivity contribution in [1.29, 1.82) is 0 Å². The lowest BCUT2D eigenvalue weighted by Gasteiger charge is -2.35. The molecule has 4 amide bonds. The van der Waals surface area contributed by atoms with Gasteiger partial charge >= 0.3 is 6.03 Å². The maximum Gasteiger partial charge on any atom is 0.321 e. The van der Waals surface area contributed by atoms with Crippen molar-refractivity contribution in [2.24, 2.45) is 5.73 Å². The van der Waals surface area contributed by atoms with Crippen LogP contribution < -0.4 is 21.3 Å². The molecule has 2 aliphatic rings. The van der Waals surface area contributed by atoms with E-state index in [-0.39, 0.29) is 24.4 Å². The summed E-state index contributed by atoms with van der Waals surface area (Å²) in [6.07, 6.45) is 3.55. The lowest BCUT2D eigenvalue weighted by Crippen LogP contribution is -2.49. The number of fused-ring (bicyclic) bond motifs is 3. The molecule has 2 aromatic heterocycles. The Hall–Kier alpha value is -4.16. The summed E-state index contributed by atoms with van der Waals surface area (Å²) in [5.74, 6) is -0.380. The van der Waals surface area contributed by atoms with E-state index in [4.69, 9.17) is 5.73 Å². The summed E-state index contributed by atoms with van der Waals surface area (Å²) in [6.45, 7) is 4.61. The summed E-state index contributed by atoms with van der Waals surface area (Å²) in [5.41, 5.74) is 9.75. The third-order valence-corrected chi connectivity index (χ3v) is 8.66. The third-order valence-electron chi connectivity index (χ3n) is 7.97. The molecule has 214 valence electrons. The van der Waals surface area contributed by atoms with E-state index in [1.54, 1.807) is 6.20 Å². The van der Waals surface area contributed by atoms with Crippen LogP contribution >= 0.6 is 11.3 Å². The quantitative estimate of drug-likeness (QED) is 0.279. The standard InChI is InChI=1S/C29H34N8O3S/c1-35-10-12-36(13-11-35)27(39)19-4-6-21-22(15-19)33-26-18(16-24(30)38)5-7-23(25(21)26)37-9-2-3-20(17-37)32-28(40)34-29-31-8-14-41-29/h4-8,14-15,20,33H,2-3,9-13,16-17H2,1H3,(H2,30,38)(H2,31,32,34,40)/t20-/m1/s1. The summed E-state index contributed by atoms with van der Waals surface area (Å²) in [6, 6.07) is 9.48. The fourth-order valence-corrected chi connectivity index (χ4v) is 6.42. The Kier molecular flexibility index (Phi) is 7.50.